The number of rotatable bonds is 4. The number of carbonyl (C=O) groups excluding carboxylic acids is 1. The van der Waals surface area contributed by atoms with E-state index >= 15 is 0 Å². The Kier molecular flexibility index (Phi) is 5.27. The number of amides is 1. The van der Waals surface area contributed by atoms with E-state index in [0.29, 0.717) is 16.5 Å². The molecule has 1 aliphatic heterocycles. The molecule has 0 radical (unpaired) electrons. The molecule has 3 N–H and O–H groups in total. The highest BCUT2D eigenvalue weighted by molar-refractivity contribution is 6.33. The van der Waals surface area contributed by atoms with E-state index in [1.807, 2.05) is 12.3 Å². The topological polar surface area (TPSA) is 84.1 Å². The smallest absolute Gasteiger partial charge is 0.229 e. The number of piperidine rings is 1. The Balaban J connectivity index is 1.59. The van der Waals surface area contributed by atoms with Gasteiger partial charge < -0.3 is 11.1 Å². The zero-order chi connectivity index (χ0) is 16.9. The summed E-state index contributed by atoms with van der Waals surface area (Å²) in [5.41, 5.74) is 7.19. The first-order chi connectivity index (χ1) is 11.6. The van der Waals surface area contributed by atoms with Crippen molar-refractivity contribution >= 4 is 29.0 Å². The van der Waals surface area contributed by atoms with Gasteiger partial charge in [-0.2, -0.15) is 0 Å². The zero-order valence-corrected chi connectivity index (χ0v) is 14.0. The molecular formula is C17H20ClN5O. The van der Waals surface area contributed by atoms with Gasteiger partial charge >= 0.3 is 0 Å². The van der Waals surface area contributed by atoms with E-state index in [0.717, 1.165) is 38.0 Å². The maximum Gasteiger partial charge on any atom is 0.229 e. The summed E-state index contributed by atoms with van der Waals surface area (Å²) in [7, 11) is 0. The molecule has 0 saturated carbocycles. The van der Waals surface area contributed by atoms with E-state index in [-0.39, 0.29) is 11.8 Å². The monoisotopic (exact) mass is 345 g/mol. The molecule has 2 aromatic heterocycles. The van der Waals surface area contributed by atoms with Crippen LogP contribution in [0.25, 0.3) is 0 Å². The minimum absolute atomic E-state index is 0.0285. The average Bonchev–Trinajstić information content (AvgIpc) is 2.59. The zero-order valence-electron chi connectivity index (χ0n) is 13.3. The third-order valence-corrected chi connectivity index (χ3v) is 4.47. The first-order valence-corrected chi connectivity index (χ1v) is 8.33. The fourth-order valence-electron chi connectivity index (χ4n) is 2.90. The molecule has 1 atom stereocenters. The number of halogens is 1. The summed E-state index contributed by atoms with van der Waals surface area (Å²) in [6.07, 6.45) is 6.95. The minimum atomic E-state index is -0.0615. The van der Waals surface area contributed by atoms with Crippen molar-refractivity contribution in [1.29, 1.82) is 0 Å². The lowest BCUT2D eigenvalue weighted by Gasteiger charge is -2.31. The van der Waals surface area contributed by atoms with Crippen LogP contribution >= 0.6 is 11.6 Å². The molecule has 2 aromatic rings. The van der Waals surface area contributed by atoms with E-state index in [1.54, 1.807) is 12.3 Å². The molecule has 0 aliphatic carbocycles. The van der Waals surface area contributed by atoms with Gasteiger partial charge in [0.05, 0.1) is 22.8 Å². The number of pyridine rings is 2. The molecule has 1 fully saturated rings. The van der Waals surface area contributed by atoms with Crippen LogP contribution in [0.5, 0.6) is 0 Å². The molecule has 1 amide bonds. The van der Waals surface area contributed by atoms with Gasteiger partial charge in [-0.15, -0.1) is 0 Å². The average molecular weight is 346 g/mol. The van der Waals surface area contributed by atoms with Crippen molar-refractivity contribution in [2.24, 2.45) is 5.92 Å². The first-order valence-electron chi connectivity index (χ1n) is 7.95. The van der Waals surface area contributed by atoms with Gasteiger partial charge in [0.2, 0.25) is 5.91 Å². The maximum absolute atomic E-state index is 12.5. The van der Waals surface area contributed by atoms with Crippen LogP contribution in [0.2, 0.25) is 5.02 Å². The summed E-state index contributed by atoms with van der Waals surface area (Å²) in [4.78, 5) is 23.0. The van der Waals surface area contributed by atoms with Gasteiger partial charge in [-0.3, -0.25) is 14.7 Å². The van der Waals surface area contributed by atoms with Crippen molar-refractivity contribution in [3.05, 3.63) is 47.4 Å². The number of likely N-dealkylation sites (tertiary alicyclic amines) is 1. The van der Waals surface area contributed by atoms with Gasteiger partial charge in [-0.05, 0) is 31.0 Å². The van der Waals surface area contributed by atoms with Gasteiger partial charge in [-0.1, -0.05) is 17.7 Å². The predicted octanol–water partition coefficient (Wildman–Crippen LogP) is 2.56. The number of nitrogens with one attached hydrogen (secondary N) is 1. The van der Waals surface area contributed by atoms with Gasteiger partial charge in [0, 0.05) is 31.5 Å². The standard InChI is InChI=1S/C17H20ClN5O/c18-14-7-16(21-9-15(14)19)22-17(24)13-4-2-6-23(11-13)10-12-3-1-5-20-8-12/h1,3,5,7-9,13H,2,4,6,10-11,19H2,(H,21,22,24). The highest BCUT2D eigenvalue weighted by Crippen LogP contribution is 2.23. The largest absolute Gasteiger partial charge is 0.396 e. The molecule has 126 valence electrons. The van der Waals surface area contributed by atoms with E-state index in [9.17, 15) is 4.79 Å². The van der Waals surface area contributed by atoms with Crippen LogP contribution in [0.4, 0.5) is 11.5 Å². The van der Waals surface area contributed by atoms with Gasteiger partial charge in [-0.25, -0.2) is 4.98 Å². The molecule has 6 nitrogen and oxygen atoms in total. The van der Waals surface area contributed by atoms with Crippen LogP contribution < -0.4 is 11.1 Å². The summed E-state index contributed by atoms with van der Waals surface area (Å²) < 4.78 is 0. The lowest BCUT2D eigenvalue weighted by molar-refractivity contribution is -0.121. The van der Waals surface area contributed by atoms with E-state index in [4.69, 9.17) is 17.3 Å². The van der Waals surface area contributed by atoms with Crippen LogP contribution in [0.3, 0.4) is 0 Å². The van der Waals surface area contributed by atoms with Crippen LogP contribution in [-0.4, -0.2) is 33.9 Å². The molecule has 7 heteroatoms. The van der Waals surface area contributed by atoms with Crippen molar-refractivity contribution in [2.75, 3.05) is 24.1 Å². The Morgan fingerprint density at radius 3 is 3.08 bits per heavy atom. The van der Waals surface area contributed by atoms with Crippen LogP contribution in [0, 0.1) is 5.92 Å². The Bertz CT molecular complexity index is 709. The number of hydrogen-bond donors (Lipinski definition) is 2. The lowest BCUT2D eigenvalue weighted by atomic mass is 9.97. The first kappa shape index (κ1) is 16.7. The van der Waals surface area contributed by atoms with Crippen LogP contribution in [-0.2, 0) is 11.3 Å². The predicted molar refractivity (Wildman–Crippen MR) is 94.5 cm³/mol. The van der Waals surface area contributed by atoms with Crippen molar-refractivity contribution in [2.45, 2.75) is 19.4 Å². The Morgan fingerprint density at radius 1 is 1.46 bits per heavy atom. The van der Waals surface area contributed by atoms with Crippen molar-refractivity contribution in [1.82, 2.24) is 14.9 Å². The SMILES string of the molecule is Nc1cnc(NC(=O)C2CCCN(Cc3cccnc3)C2)cc1Cl. The summed E-state index contributed by atoms with van der Waals surface area (Å²) in [6, 6.07) is 5.56. The molecular weight excluding hydrogens is 326 g/mol. The Labute approximate surface area is 146 Å². The second-order valence-electron chi connectivity index (χ2n) is 6.02. The molecule has 1 saturated heterocycles. The van der Waals surface area contributed by atoms with Crippen LogP contribution in [0.15, 0.2) is 36.8 Å². The summed E-state index contributed by atoms with van der Waals surface area (Å²) >= 11 is 5.97. The fourth-order valence-corrected chi connectivity index (χ4v) is 3.05. The number of nitrogens with zero attached hydrogens (tertiary/aromatic N) is 3. The van der Waals surface area contributed by atoms with Gasteiger partial charge in [0.25, 0.3) is 0 Å². The highest BCUT2D eigenvalue weighted by atomic mass is 35.5. The maximum atomic E-state index is 12.5. The molecule has 1 aliphatic rings. The number of nitrogens with two attached hydrogens (primary N) is 1. The number of nitrogen functional groups attached to an aromatic ring is 1. The van der Waals surface area contributed by atoms with Crippen molar-refractivity contribution in [3.63, 3.8) is 0 Å². The third kappa shape index (κ3) is 4.21. The second-order valence-corrected chi connectivity index (χ2v) is 6.42. The summed E-state index contributed by atoms with van der Waals surface area (Å²) in [5.74, 6) is 0.344. The molecule has 3 heterocycles. The lowest BCUT2D eigenvalue weighted by Crippen LogP contribution is -2.40. The molecule has 24 heavy (non-hydrogen) atoms. The van der Waals surface area contributed by atoms with E-state index in [2.05, 4.69) is 26.3 Å². The van der Waals surface area contributed by atoms with Gasteiger partial charge in [0.1, 0.15) is 5.82 Å². The molecule has 0 aromatic carbocycles. The van der Waals surface area contributed by atoms with Gasteiger partial charge in [0.15, 0.2) is 0 Å². The fraction of sp³-hybridized carbons (Fsp3) is 0.353. The Morgan fingerprint density at radius 2 is 2.33 bits per heavy atom. The number of carbonyl (C=O) groups is 1. The number of hydrogen-bond acceptors (Lipinski definition) is 5. The quantitative estimate of drug-likeness (QED) is 0.889. The third-order valence-electron chi connectivity index (χ3n) is 4.14. The highest BCUT2D eigenvalue weighted by Gasteiger charge is 2.26. The second kappa shape index (κ2) is 7.59. The van der Waals surface area contributed by atoms with Crippen molar-refractivity contribution in [3.8, 4) is 0 Å². The Hall–Kier alpha value is -2.18. The number of aromatic nitrogens is 2. The van der Waals surface area contributed by atoms with Crippen LogP contribution in [0.1, 0.15) is 18.4 Å². The summed E-state index contributed by atoms with van der Waals surface area (Å²) in [5, 5.41) is 3.23. The molecule has 3 rings (SSSR count). The molecule has 0 bridgehead atoms. The van der Waals surface area contributed by atoms with E-state index in [1.165, 1.54) is 6.20 Å². The molecule has 0 spiro atoms. The number of anilines is 2. The minimum Gasteiger partial charge on any atom is -0.396 e. The molecule has 1 unspecified atom stereocenters. The summed E-state index contributed by atoms with van der Waals surface area (Å²) in [6.45, 7) is 2.53. The van der Waals surface area contributed by atoms with E-state index < -0.39 is 0 Å². The normalized spacial score (nSPS) is 18.3. The van der Waals surface area contributed by atoms with Crippen molar-refractivity contribution < 1.29 is 4.79 Å².